The van der Waals surface area contributed by atoms with Crippen molar-refractivity contribution in [3.05, 3.63) is 0 Å². The fourth-order valence-electron chi connectivity index (χ4n) is 0. The maximum Gasteiger partial charge on any atom is 3.00 e. The molecule has 0 aliphatic carbocycles. The fourth-order valence-corrected chi connectivity index (χ4v) is 0. The molecule has 0 aromatic carbocycles. The molecular formula is C9H21BiO9S3. The van der Waals surface area contributed by atoms with Crippen LogP contribution in [0.25, 0.3) is 0 Å². The molecule has 0 N–H and O–H groups in total. The van der Waals surface area contributed by atoms with Gasteiger partial charge in [-0.15, -0.1) is 0 Å². The van der Waals surface area contributed by atoms with Crippen molar-refractivity contribution in [2.75, 3.05) is 0 Å². The summed E-state index contributed by atoms with van der Waals surface area (Å²) in [6, 6.07) is 0. The van der Waals surface area contributed by atoms with Crippen LogP contribution < -0.4 is 0 Å². The van der Waals surface area contributed by atoms with Gasteiger partial charge >= 0.3 is 26.2 Å². The number of hydrogen-bond acceptors (Lipinski definition) is 9. The van der Waals surface area contributed by atoms with Gasteiger partial charge in [-0.05, 0) is 41.5 Å². The first-order valence-electron chi connectivity index (χ1n) is 5.67. The zero-order valence-electron chi connectivity index (χ0n) is 13.1. The second kappa shape index (κ2) is 12.0. The molecule has 0 saturated heterocycles. The Morgan fingerprint density at radius 3 is 0.545 bits per heavy atom. The van der Waals surface area contributed by atoms with Gasteiger partial charge in [0.25, 0.3) is 0 Å². The molecule has 0 aliphatic rings. The Balaban J connectivity index is -0.000000108. The molecule has 0 rings (SSSR count). The molecule has 0 atom stereocenters. The quantitative estimate of drug-likeness (QED) is 0.314. The van der Waals surface area contributed by atoms with Crippen LogP contribution in [0.3, 0.4) is 0 Å². The van der Waals surface area contributed by atoms with Gasteiger partial charge in [-0.3, -0.25) is 0 Å². The van der Waals surface area contributed by atoms with Crippen molar-refractivity contribution in [2.24, 2.45) is 0 Å². The molecule has 2 radical (unpaired) electrons. The largest absolute Gasteiger partial charge is 3.00 e. The molecule has 0 spiro atoms. The van der Waals surface area contributed by atoms with Crippen molar-refractivity contribution in [3.63, 3.8) is 0 Å². The minimum absolute atomic E-state index is 0. The van der Waals surface area contributed by atoms with E-state index in [2.05, 4.69) is 0 Å². The summed E-state index contributed by atoms with van der Waals surface area (Å²) in [5.74, 6) is 0. The Bertz CT molecular complexity index is 488. The number of hydrogen-bond donors (Lipinski definition) is 0. The summed E-state index contributed by atoms with van der Waals surface area (Å²) in [5, 5.41) is -2.35. The van der Waals surface area contributed by atoms with Crippen LogP contribution in [-0.4, -0.2) is 80.9 Å². The van der Waals surface area contributed by atoms with E-state index in [0.717, 1.165) is 0 Å². The van der Waals surface area contributed by atoms with E-state index in [0.29, 0.717) is 0 Å². The maximum absolute atomic E-state index is 9.78. The van der Waals surface area contributed by atoms with Crippen molar-refractivity contribution >= 4 is 56.6 Å². The van der Waals surface area contributed by atoms with E-state index in [1.807, 2.05) is 0 Å². The van der Waals surface area contributed by atoms with Crippen molar-refractivity contribution < 1.29 is 38.9 Å². The third kappa shape index (κ3) is 22.9. The molecule has 0 bridgehead atoms. The SMILES string of the molecule is CC(C)S(=O)(=O)[O-].CC(C)S(=O)(=O)[O-].CC(C)S(=O)(=O)[O-].[Bi+3]. The van der Waals surface area contributed by atoms with Crippen molar-refractivity contribution in [1.29, 1.82) is 0 Å². The molecule has 0 aromatic rings. The molecule has 134 valence electrons. The summed E-state index contributed by atoms with van der Waals surface area (Å²) >= 11 is 0. The van der Waals surface area contributed by atoms with E-state index in [9.17, 15) is 38.9 Å². The standard InChI is InChI=1S/3C3H8O3S.Bi/c3*1-3(2)7(4,5)6;/h3*3H,1-2H3,(H,4,5,6);/q;;;+3/p-3. The van der Waals surface area contributed by atoms with Crippen LogP contribution in [0.4, 0.5) is 0 Å². The Labute approximate surface area is 152 Å². The monoisotopic (exact) mass is 578 g/mol. The van der Waals surface area contributed by atoms with Crippen molar-refractivity contribution in [1.82, 2.24) is 0 Å². The van der Waals surface area contributed by atoms with Crippen LogP contribution in [0.2, 0.25) is 0 Å². The average molecular weight is 578 g/mol. The Kier molecular flexibility index (Phi) is 16.7. The molecule has 0 unspecified atom stereocenters. The summed E-state index contributed by atoms with van der Waals surface area (Å²) in [6.45, 7) is 8.10. The molecule has 0 aliphatic heterocycles. The van der Waals surface area contributed by atoms with E-state index >= 15 is 0 Å². The van der Waals surface area contributed by atoms with E-state index in [1.165, 1.54) is 41.5 Å². The first-order valence-corrected chi connectivity index (χ1v) is 10.1. The van der Waals surface area contributed by atoms with Gasteiger partial charge in [0.1, 0.15) is 0 Å². The van der Waals surface area contributed by atoms with Crippen LogP contribution in [0.5, 0.6) is 0 Å². The Morgan fingerprint density at radius 1 is 0.500 bits per heavy atom. The third-order valence-electron chi connectivity index (χ3n) is 1.73. The van der Waals surface area contributed by atoms with Gasteiger partial charge in [-0.2, -0.15) is 0 Å². The molecule has 0 fully saturated rings. The van der Waals surface area contributed by atoms with Crippen LogP contribution >= 0.6 is 0 Å². The van der Waals surface area contributed by atoms with Gasteiger partial charge in [-0.25, -0.2) is 25.3 Å². The normalized spacial score (nSPS) is 12.0. The van der Waals surface area contributed by atoms with Gasteiger partial charge in [0.05, 0.1) is 30.4 Å². The molecule has 0 amide bonds. The molecular weight excluding hydrogens is 557 g/mol. The molecule has 0 heterocycles. The van der Waals surface area contributed by atoms with Crippen LogP contribution in [0, 0.1) is 0 Å². The Morgan fingerprint density at radius 2 is 0.545 bits per heavy atom. The van der Waals surface area contributed by atoms with Crippen LogP contribution in [0.1, 0.15) is 41.5 Å². The zero-order valence-corrected chi connectivity index (χ0v) is 19.0. The second-order valence-electron chi connectivity index (χ2n) is 4.62. The number of rotatable bonds is 3. The van der Waals surface area contributed by atoms with E-state index < -0.39 is 46.1 Å². The summed E-state index contributed by atoms with van der Waals surface area (Å²) < 4.78 is 88.0. The van der Waals surface area contributed by atoms with Crippen LogP contribution in [-0.2, 0) is 30.4 Å². The Hall–Kier alpha value is 0.613. The van der Waals surface area contributed by atoms with Gasteiger partial charge in [0.2, 0.25) is 0 Å². The zero-order chi connectivity index (χ0) is 18.2. The minimum Gasteiger partial charge on any atom is -0.748 e. The van der Waals surface area contributed by atoms with Gasteiger partial charge in [-0.1, -0.05) is 0 Å². The molecule has 22 heavy (non-hydrogen) atoms. The topological polar surface area (TPSA) is 172 Å². The van der Waals surface area contributed by atoms with Gasteiger partial charge in [0, 0.05) is 15.7 Å². The predicted molar refractivity (Wildman–Crippen MR) is 80.3 cm³/mol. The fraction of sp³-hybridized carbons (Fsp3) is 1.00. The first kappa shape index (κ1) is 30.5. The molecule has 0 saturated carbocycles. The molecule has 9 nitrogen and oxygen atoms in total. The van der Waals surface area contributed by atoms with Gasteiger partial charge in [0.15, 0.2) is 0 Å². The third-order valence-corrected chi connectivity index (χ3v) is 5.20. The predicted octanol–water partition coefficient (Wildman–Crippen LogP) is -0.561. The van der Waals surface area contributed by atoms with E-state index in [1.54, 1.807) is 0 Å². The first-order chi connectivity index (χ1) is 8.83. The maximum atomic E-state index is 9.78. The average Bonchev–Trinajstić information content (AvgIpc) is 2.14. The summed E-state index contributed by atoms with van der Waals surface area (Å²) in [4.78, 5) is 0. The summed E-state index contributed by atoms with van der Waals surface area (Å²) in [6.07, 6.45) is 0. The molecule has 13 heteroatoms. The summed E-state index contributed by atoms with van der Waals surface area (Å²) in [7, 11) is -12.0. The smallest absolute Gasteiger partial charge is 0.748 e. The second-order valence-corrected chi connectivity index (χ2v) is 10.4. The summed E-state index contributed by atoms with van der Waals surface area (Å²) in [5.41, 5.74) is 0. The van der Waals surface area contributed by atoms with Crippen molar-refractivity contribution in [2.45, 2.75) is 57.3 Å². The van der Waals surface area contributed by atoms with Crippen molar-refractivity contribution in [3.8, 4) is 0 Å². The van der Waals surface area contributed by atoms with Gasteiger partial charge < -0.3 is 13.7 Å². The molecule has 0 aromatic heterocycles. The van der Waals surface area contributed by atoms with E-state index in [-0.39, 0.29) is 26.2 Å². The van der Waals surface area contributed by atoms with E-state index in [4.69, 9.17) is 0 Å². The minimum atomic E-state index is -3.99. The van der Waals surface area contributed by atoms with Crippen LogP contribution in [0.15, 0.2) is 0 Å².